The Morgan fingerprint density at radius 1 is 1.22 bits per heavy atom. The van der Waals surface area contributed by atoms with Gasteiger partial charge in [-0.05, 0) is 55.4 Å². The maximum absolute atomic E-state index is 13.3. The number of aromatic nitrogens is 1. The highest BCUT2D eigenvalue weighted by Gasteiger charge is 2.23. The fourth-order valence-electron chi connectivity index (χ4n) is 3.02. The standard InChI is InChI=1S/C15H16FNO/c16-12-5-6-15-13(7-12)14(8-17-15)11-3-1-10(9-18)2-4-11/h5-11,17H,1-4H2/t10-,11-. The maximum Gasteiger partial charge on any atom is 0.123 e. The van der Waals surface area contributed by atoms with Crippen LogP contribution in [-0.4, -0.2) is 11.3 Å². The second-order valence-electron chi connectivity index (χ2n) is 5.18. The van der Waals surface area contributed by atoms with Crippen LogP contribution < -0.4 is 0 Å². The first-order valence-electron chi connectivity index (χ1n) is 6.50. The number of hydrogen-bond donors (Lipinski definition) is 1. The summed E-state index contributed by atoms with van der Waals surface area (Å²) in [5, 5.41) is 0.990. The molecule has 1 N–H and O–H groups in total. The molecule has 0 amide bonds. The minimum Gasteiger partial charge on any atom is -0.361 e. The largest absolute Gasteiger partial charge is 0.361 e. The van der Waals surface area contributed by atoms with Crippen LogP contribution >= 0.6 is 0 Å². The number of carbonyl (C=O) groups excluding carboxylic acids is 1. The van der Waals surface area contributed by atoms with Crippen LogP contribution in [0.1, 0.15) is 37.2 Å². The van der Waals surface area contributed by atoms with Gasteiger partial charge in [0, 0.05) is 23.0 Å². The van der Waals surface area contributed by atoms with E-state index in [0.717, 1.165) is 42.9 Å². The summed E-state index contributed by atoms with van der Waals surface area (Å²) < 4.78 is 13.3. The van der Waals surface area contributed by atoms with Crippen molar-refractivity contribution in [1.82, 2.24) is 4.98 Å². The zero-order valence-corrected chi connectivity index (χ0v) is 10.2. The molecule has 2 aromatic rings. The van der Waals surface area contributed by atoms with Crippen molar-refractivity contribution >= 4 is 17.2 Å². The number of halogens is 1. The van der Waals surface area contributed by atoms with E-state index in [1.54, 1.807) is 12.1 Å². The smallest absolute Gasteiger partial charge is 0.123 e. The molecule has 1 fully saturated rings. The van der Waals surface area contributed by atoms with Gasteiger partial charge < -0.3 is 9.78 Å². The topological polar surface area (TPSA) is 32.9 Å². The molecule has 1 aliphatic rings. The van der Waals surface area contributed by atoms with Gasteiger partial charge in [-0.3, -0.25) is 0 Å². The average molecular weight is 245 g/mol. The van der Waals surface area contributed by atoms with E-state index in [9.17, 15) is 9.18 Å². The van der Waals surface area contributed by atoms with E-state index in [0.29, 0.717) is 5.92 Å². The van der Waals surface area contributed by atoms with E-state index in [1.807, 2.05) is 6.20 Å². The minimum atomic E-state index is -0.190. The number of carbonyl (C=O) groups is 1. The quantitative estimate of drug-likeness (QED) is 0.802. The van der Waals surface area contributed by atoms with Gasteiger partial charge in [0.1, 0.15) is 12.1 Å². The Hall–Kier alpha value is -1.64. The third-order valence-corrected chi connectivity index (χ3v) is 4.08. The molecule has 0 unspecified atom stereocenters. The summed E-state index contributed by atoms with van der Waals surface area (Å²) in [6.07, 6.45) is 7.02. The second kappa shape index (κ2) is 4.56. The van der Waals surface area contributed by atoms with Crippen molar-refractivity contribution in [1.29, 1.82) is 0 Å². The van der Waals surface area contributed by atoms with Gasteiger partial charge in [0.25, 0.3) is 0 Å². The lowest BCUT2D eigenvalue weighted by Crippen LogP contribution is -2.13. The Balaban J connectivity index is 1.90. The Kier molecular flexibility index (Phi) is 2.90. The van der Waals surface area contributed by atoms with Crippen molar-refractivity contribution in [2.75, 3.05) is 0 Å². The molecule has 0 spiro atoms. The predicted molar refractivity (Wildman–Crippen MR) is 69.0 cm³/mol. The minimum absolute atomic E-state index is 0.190. The number of H-pyrrole nitrogens is 1. The number of aldehydes is 1. The van der Waals surface area contributed by atoms with Gasteiger partial charge in [-0.15, -0.1) is 0 Å². The van der Waals surface area contributed by atoms with E-state index in [-0.39, 0.29) is 11.7 Å². The SMILES string of the molecule is O=C[C@H]1CC[C@H](c2c[nH]c3ccc(F)cc32)CC1. The third kappa shape index (κ3) is 1.94. The van der Waals surface area contributed by atoms with Gasteiger partial charge in [0.2, 0.25) is 0 Å². The molecule has 1 aromatic carbocycles. The molecule has 94 valence electrons. The molecular formula is C15H16FNO. The number of fused-ring (bicyclic) bond motifs is 1. The van der Waals surface area contributed by atoms with Crippen molar-refractivity contribution in [2.24, 2.45) is 5.92 Å². The Morgan fingerprint density at radius 3 is 2.72 bits per heavy atom. The second-order valence-corrected chi connectivity index (χ2v) is 5.18. The van der Waals surface area contributed by atoms with E-state index in [1.165, 1.54) is 11.6 Å². The fourth-order valence-corrected chi connectivity index (χ4v) is 3.02. The number of hydrogen-bond acceptors (Lipinski definition) is 1. The summed E-state index contributed by atoms with van der Waals surface area (Å²) in [4.78, 5) is 14.0. The van der Waals surface area contributed by atoms with E-state index < -0.39 is 0 Å². The fraction of sp³-hybridized carbons (Fsp3) is 0.400. The van der Waals surface area contributed by atoms with Crippen molar-refractivity contribution < 1.29 is 9.18 Å². The molecule has 18 heavy (non-hydrogen) atoms. The normalized spacial score (nSPS) is 24.3. The van der Waals surface area contributed by atoms with Crippen molar-refractivity contribution in [3.05, 3.63) is 35.8 Å². The first kappa shape index (κ1) is 11.5. The predicted octanol–water partition coefficient (Wildman–Crippen LogP) is 3.78. The molecule has 0 aliphatic heterocycles. The number of nitrogens with one attached hydrogen (secondary N) is 1. The van der Waals surface area contributed by atoms with Crippen molar-refractivity contribution in [3.63, 3.8) is 0 Å². The first-order chi connectivity index (χ1) is 8.78. The van der Waals surface area contributed by atoms with Crippen molar-refractivity contribution in [2.45, 2.75) is 31.6 Å². The van der Waals surface area contributed by atoms with E-state index in [4.69, 9.17) is 0 Å². The molecule has 0 saturated heterocycles. The Labute approximate surface area is 105 Å². The average Bonchev–Trinajstić information content (AvgIpc) is 2.82. The summed E-state index contributed by atoms with van der Waals surface area (Å²) >= 11 is 0. The number of benzene rings is 1. The lowest BCUT2D eigenvalue weighted by molar-refractivity contribution is -0.111. The summed E-state index contributed by atoms with van der Waals surface area (Å²) in [5.74, 6) is 0.491. The van der Waals surface area contributed by atoms with Crippen LogP contribution in [0.15, 0.2) is 24.4 Å². The molecule has 3 heteroatoms. The first-order valence-corrected chi connectivity index (χ1v) is 6.50. The lowest BCUT2D eigenvalue weighted by Gasteiger charge is -2.25. The van der Waals surface area contributed by atoms with Crippen molar-refractivity contribution in [3.8, 4) is 0 Å². The number of aromatic amines is 1. The zero-order valence-electron chi connectivity index (χ0n) is 10.2. The molecular weight excluding hydrogens is 229 g/mol. The highest BCUT2D eigenvalue weighted by Crippen LogP contribution is 2.38. The van der Waals surface area contributed by atoms with Crippen LogP contribution in [0, 0.1) is 11.7 Å². The zero-order chi connectivity index (χ0) is 12.5. The molecule has 1 aliphatic carbocycles. The van der Waals surface area contributed by atoms with Crippen LogP contribution in [0.4, 0.5) is 4.39 Å². The van der Waals surface area contributed by atoms with Gasteiger partial charge in [0.05, 0.1) is 0 Å². The van der Waals surface area contributed by atoms with Crippen LogP contribution in [-0.2, 0) is 4.79 Å². The summed E-state index contributed by atoms with van der Waals surface area (Å²) in [7, 11) is 0. The monoisotopic (exact) mass is 245 g/mol. The van der Waals surface area contributed by atoms with Gasteiger partial charge in [0.15, 0.2) is 0 Å². The maximum atomic E-state index is 13.3. The molecule has 2 nitrogen and oxygen atoms in total. The highest BCUT2D eigenvalue weighted by atomic mass is 19.1. The molecule has 1 aromatic heterocycles. The van der Waals surface area contributed by atoms with E-state index >= 15 is 0 Å². The van der Waals surface area contributed by atoms with Gasteiger partial charge in [-0.1, -0.05) is 0 Å². The Morgan fingerprint density at radius 2 is 2.00 bits per heavy atom. The van der Waals surface area contributed by atoms with E-state index in [2.05, 4.69) is 4.98 Å². The molecule has 3 rings (SSSR count). The molecule has 1 heterocycles. The van der Waals surface area contributed by atoms with Crippen LogP contribution in [0.25, 0.3) is 10.9 Å². The molecule has 0 radical (unpaired) electrons. The molecule has 0 atom stereocenters. The highest BCUT2D eigenvalue weighted by molar-refractivity contribution is 5.83. The summed E-state index contributed by atoms with van der Waals surface area (Å²) in [5.41, 5.74) is 2.19. The van der Waals surface area contributed by atoms with Crippen LogP contribution in [0.5, 0.6) is 0 Å². The Bertz CT molecular complexity index is 567. The summed E-state index contributed by atoms with van der Waals surface area (Å²) in [6.45, 7) is 0. The summed E-state index contributed by atoms with van der Waals surface area (Å²) in [6, 6.07) is 4.87. The number of rotatable bonds is 2. The lowest BCUT2D eigenvalue weighted by atomic mass is 9.79. The van der Waals surface area contributed by atoms with Gasteiger partial charge in [-0.2, -0.15) is 0 Å². The van der Waals surface area contributed by atoms with Crippen LogP contribution in [0.3, 0.4) is 0 Å². The molecule has 1 saturated carbocycles. The third-order valence-electron chi connectivity index (χ3n) is 4.08. The van der Waals surface area contributed by atoms with Gasteiger partial charge in [-0.25, -0.2) is 4.39 Å². The molecule has 0 bridgehead atoms. The van der Waals surface area contributed by atoms with Crippen LogP contribution in [0.2, 0.25) is 0 Å². The van der Waals surface area contributed by atoms with Gasteiger partial charge >= 0.3 is 0 Å².